The van der Waals surface area contributed by atoms with Crippen LogP contribution in [0.25, 0.3) is 99.0 Å². The summed E-state index contributed by atoms with van der Waals surface area (Å²) in [5.41, 5.74) is 18.3. The lowest BCUT2D eigenvalue weighted by molar-refractivity contribution is 0.794. The largest absolute Gasteiger partial charge is 0.247 e. The average molecular weight is 746 g/mol. The van der Waals surface area contributed by atoms with Gasteiger partial charge in [-0.3, -0.25) is 0 Å². The number of pyridine rings is 1. The molecule has 11 aromatic rings. The van der Waals surface area contributed by atoms with Crippen molar-refractivity contribution >= 4 is 43.2 Å². The minimum Gasteiger partial charge on any atom is -0.247 e. The van der Waals surface area contributed by atoms with Crippen molar-refractivity contribution < 1.29 is 0 Å². The zero-order chi connectivity index (χ0) is 38.7. The molecule has 59 heavy (non-hydrogen) atoms. The lowest BCUT2D eigenvalue weighted by Crippen LogP contribution is -2.25. The number of para-hydroxylation sites is 1. The van der Waals surface area contributed by atoms with Crippen LogP contribution in [0, 0.1) is 0 Å². The number of rotatable bonds is 3. The van der Waals surface area contributed by atoms with Gasteiger partial charge in [0.05, 0.1) is 16.6 Å². The van der Waals surface area contributed by atoms with Crippen molar-refractivity contribution in [1.29, 1.82) is 0 Å². The van der Waals surface area contributed by atoms with Crippen LogP contribution in [-0.2, 0) is 5.41 Å². The Hall–Kier alpha value is -7.61. The normalized spacial score (nSPS) is 13.2. The molecular formula is C58H35N. The monoisotopic (exact) mass is 745 g/mol. The number of fused-ring (bicyclic) bond motifs is 16. The van der Waals surface area contributed by atoms with Gasteiger partial charge in [0.15, 0.2) is 0 Å². The van der Waals surface area contributed by atoms with Crippen LogP contribution >= 0.6 is 0 Å². The molecule has 0 N–H and O–H groups in total. The molecule has 0 saturated heterocycles. The lowest BCUT2D eigenvalue weighted by atomic mass is 9.70. The first-order valence-electron chi connectivity index (χ1n) is 20.5. The maximum Gasteiger partial charge on any atom is 0.0788 e. The molecule has 0 atom stereocenters. The molecule has 0 aliphatic heterocycles. The van der Waals surface area contributed by atoms with E-state index in [1.165, 1.54) is 104 Å². The van der Waals surface area contributed by atoms with Crippen molar-refractivity contribution in [3.63, 3.8) is 0 Å². The third kappa shape index (κ3) is 4.53. The maximum absolute atomic E-state index is 5.42. The summed E-state index contributed by atoms with van der Waals surface area (Å²) in [5, 5.41) is 8.63. The lowest BCUT2D eigenvalue weighted by Gasteiger charge is -2.30. The van der Waals surface area contributed by atoms with Gasteiger partial charge in [-0.15, -0.1) is 0 Å². The van der Waals surface area contributed by atoms with Crippen LogP contribution in [-0.4, -0.2) is 4.98 Å². The summed E-state index contributed by atoms with van der Waals surface area (Å²) >= 11 is 0. The highest BCUT2D eigenvalue weighted by molar-refractivity contribution is 6.20. The predicted octanol–water partition coefficient (Wildman–Crippen LogP) is 15.0. The number of nitrogens with zero attached hydrogens (tertiary/aromatic N) is 1. The van der Waals surface area contributed by atoms with E-state index in [0.717, 1.165) is 16.8 Å². The fraction of sp³-hybridized carbons (Fsp3) is 0.0172. The van der Waals surface area contributed by atoms with Crippen molar-refractivity contribution in [1.82, 2.24) is 4.98 Å². The van der Waals surface area contributed by atoms with Gasteiger partial charge in [0.1, 0.15) is 0 Å². The van der Waals surface area contributed by atoms with Gasteiger partial charge in [-0.2, -0.15) is 0 Å². The Morgan fingerprint density at radius 1 is 0.305 bits per heavy atom. The molecule has 0 fully saturated rings. The molecule has 13 rings (SSSR count). The Balaban J connectivity index is 0.965. The molecule has 1 spiro atoms. The molecule has 1 heterocycles. The molecule has 0 saturated carbocycles. The topological polar surface area (TPSA) is 12.9 Å². The summed E-state index contributed by atoms with van der Waals surface area (Å²) in [4.78, 5) is 5.42. The van der Waals surface area contributed by atoms with Crippen LogP contribution in [0.3, 0.4) is 0 Å². The zero-order valence-corrected chi connectivity index (χ0v) is 32.2. The Morgan fingerprint density at radius 3 is 1.49 bits per heavy atom. The molecule has 0 unspecified atom stereocenters. The van der Waals surface area contributed by atoms with Crippen molar-refractivity contribution in [3.05, 3.63) is 235 Å². The molecule has 1 heteroatoms. The van der Waals surface area contributed by atoms with Crippen molar-refractivity contribution in [2.75, 3.05) is 0 Å². The molecule has 0 amide bonds. The van der Waals surface area contributed by atoms with E-state index in [4.69, 9.17) is 4.98 Å². The highest BCUT2D eigenvalue weighted by Gasteiger charge is 2.52. The van der Waals surface area contributed by atoms with Crippen LogP contribution in [0.1, 0.15) is 22.3 Å². The summed E-state index contributed by atoms with van der Waals surface area (Å²) in [7, 11) is 0. The maximum atomic E-state index is 5.42. The number of hydrogen-bond acceptors (Lipinski definition) is 1. The Labute approximate surface area is 342 Å². The van der Waals surface area contributed by atoms with E-state index < -0.39 is 5.41 Å². The van der Waals surface area contributed by atoms with Gasteiger partial charge in [0.2, 0.25) is 0 Å². The van der Waals surface area contributed by atoms with Gasteiger partial charge >= 0.3 is 0 Å². The van der Waals surface area contributed by atoms with Crippen LogP contribution in [0.15, 0.2) is 212 Å². The van der Waals surface area contributed by atoms with E-state index in [9.17, 15) is 0 Å². The van der Waals surface area contributed by atoms with E-state index in [1.54, 1.807) is 0 Å². The van der Waals surface area contributed by atoms with Crippen LogP contribution < -0.4 is 0 Å². The smallest absolute Gasteiger partial charge is 0.0788 e. The molecular weight excluding hydrogens is 711 g/mol. The fourth-order valence-electron chi connectivity index (χ4n) is 10.6. The first-order chi connectivity index (χ1) is 29.2. The minimum absolute atomic E-state index is 0.393. The summed E-state index contributed by atoms with van der Waals surface area (Å²) in [5.74, 6) is 0. The average Bonchev–Trinajstić information content (AvgIpc) is 3.78. The van der Waals surface area contributed by atoms with Crippen LogP contribution in [0.2, 0.25) is 0 Å². The SMILES string of the molecule is c1ccc2c(c1)-c1ccccc1C21c2ccccc2-c2c1ccc1c(-c3ccc(-c4ccc5ccc(-c6ccc7ccccc7c6)cc5c4)cc3)nc3ccccc3c21. The summed E-state index contributed by atoms with van der Waals surface area (Å²) in [6.07, 6.45) is 0. The molecule has 2 aliphatic carbocycles. The highest BCUT2D eigenvalue weighted by Crippen LogP contribution is 2.64. The van der Waals surface area contributed by atoms with E-state index >= 15 is 0 Å². The van der Waals surface area contributed by atoms with Gasteiger partial charge in [0.25, 0.3) is 0 Å². The van der Waals surface area contributed by atoms with Crippen molar-refractivity contribution in [2.45, 2.75) is 5.41 Å². The zero-order valence-electron chi connectivity index (χ0n) is 32.2. The molecule has 10 aromatic carbocycles. The van der Waals surface area contributed by atoms with Crippen LogP contribution in [0.4, 0.5) is 0 Å². The fourth-order valence-corrected chi connectivity index (χ4v) is 10.6. The second-order valence-corrected chi connectivity index (χ2v) is 16.2. The van der Waals surface area contributed by atoms with E-state index in [1.807, 2.05) is 0 Å². The van der Waals surface area contributed by atoms with Crippen molar-refractivity contribution in [2.24, 2.45) is 0 Å². The summed E-state index contributed by atoms with van der Waals surface area (Å²) in [6, 6.07) is 78.6. The Morgan fingerprint density at radius 2 is 0.797 bits per heavy atom. The van der Waals surface area contributed by atoms with Gasteiger partial charge in [-0.1, -0.05) is 188 Å². The Bertz CT molecular complexity index is 3510. The van der Waals surface area contributed by atoms with E-state index in [2.05, 4.69) is 212 Å². The molecule has 1 aromatic heterocycles. The molecule has 272 valence electrons. The van der Waals surface area contributed by atoms with E-state index in [-0.39, 0.29) is 0 Å². The third-order valence-corrected chi connectivity index (χ3v) is 13.2. The quantitative estimate of drug-likeness (QED) is 0.164. The van der Waals surface area contributed by atoms with Gasteiger partial charge in [-0.25, -0.2) is 4.98 Å². The summed E-state index contributed by atoms with van der Waals surface area (Å²) < 4.78 is 0. The van der Waals surface area contributed by atoms with Crippen LogP contribution in [0.5, 0.6) is 0 Å². The molecule has 0 bridgehead atoms. The summed E-state index contributed by atoms with van der Waals surface area (Å²) in [6.45, 7) is 0. The second kappa shape index (κ2) is 12.2. The minimum atomic E-state index is -0.393. The first-order valence-corrected chi connectivity index (χ1v) is 20.5. The molecule has 0 radical (unpaired) electrons. The number of aromatic nitrogens is 1. The van der Waals surface area contributed by atoms with Crippen molar-refractivity contribution in [3.8, 4) is 55.8 Å². The predicted molar refractivity (Wildman–Crippen MR) is 247 cm³/mol. The first kappa shape index (κ1) is 32.5. The third-order valence-electron chi connectivity index (χ3n) is 13.2. The highest BCUT2D eigenvalue weighted by atomic mass is 14.7. The van der Waals surface area contributed by atoms with E-state index in [0.29, 0.717) is 0 Å². The number of hydrogen-bond donors (Lipinski definition) is 0. The van der Waals surface area contributed by atoms with Gasteiger partial charge < -0.3 is 0 Å². The molecule has 2 aliphatic rings. The van der Waals surface area contributed by atoms with Gasteiger partial charge in [0, 0.05) is 21.7 Å². The second-order valence-electron chi connectivity index (χ2n) is 16.2. The molecule has 1 nitrogen and oxygen atoms in total. The standard InChI is InChI=1S/C58H35N/c1-2-12-40-33-42(29-23-36(40)11-1)43-30-25-38-24-28-41(34-44(38)35-43)37-21-26-39(27-22-37)57-49-31-32-53-56(55(49)48-16-6-10-20-54(48)59-57)47-15-5-9-19-52(47)58(53)50-17-7-3-13-45(50)46-14-4-8-18-51(46)58/h1-35H. The van der Waals surface area contributed by atoms with Gasteiger partial charge in [-0.05, 0) is 113 Å². The Kier molecular flexibility index (Phi) is 6.71. The number of benzene rings is 10.